The lowest BCUT2D eigenvalue weighted by Crippen LogP contribution is -2.57. The molecule has 0 N–H and O–H groups in total. The van der Waals surface area contributed by atoms with Crippen LogP contribution in [0.25, 0.3) is 10.3 Å². The van der Waals surface area contributed by atoms with Crippen LogP contribution < -0.4 is 4.90 Å². The molecule has 0 saturated carbocycles. The van der Waals surface area contributed by atoms with Crippen LogP contribution in [0.4, 0.5) is 5.13 Å². The highest BCUT2D eigenvalue weighted by Gasteiger charge is 2.45. The Hall–Kier alpha value is -3.33. The van der Waals surface area contributed by atoms with E-state index in [4.69, 9.17) is 0 Å². The number of carbonyl (C=O) groups excluding carboxylic acids is 3. The molecule has 0 aliphatic carbocycles. The van der Waals surface area contributed by atoms with Crippen LogP contribution in [0.1, 0.15) is 34.6 Å². The molecular weight excluding hydrogens is 426 g/mol. The van der Waals surface area contributed by atoms with Gasteiger partial charge in [0.15, 0.2) is 5.13 Å². The van der Waals surface area contributed by atoms with Gasteiger partial charge in [-0.05, 0) is 30.2 Å². The molecule has 2 aliphatic heterocycles. The first kappa shape index (κ1) is 20.6. The van der Waals surface area contributed by atoms with Crippen LogP contribution in [0.15, 0.2) is 42.6 Å². The second-order valence-corrected chi connectivity index (χ2v) is 9.31. The van der Waals surface area contributed by atoms with E-state index in [1.807, 2.05) is 26.0 Å². The van der Waals surface area contributed by atoms with Gasteiger partial charge in [-0.3, -0.25) is 19.3 Å². The average Bonchev–Trinajstić information content (AvgIpc) is 3.35. The smallest absolute Gasteiger partial charge is 0.262 e. The maximum atomic E-state index is 13.5. The lowest BCUT2D eigenvalue weighted by molar-refractivity contribution is -0.137. The molecule has 1 unspecified atom stereocenters. The minimum atomic E-state index is -0.819. The van der Waals surface area contributed by atoms with E-state index in [9.17, 15) is 14.4 Å². The molecule has 2 aromatic heterocycles. The van der Waals surface area contributed by atoms with E-state index < -0.39 is 17.9 Å². The highest BCUT2D eigenvalue weighted by Crippen LogP contribution is 2.30. The first-order chi connectivity index (χ1) is 15.5. The van der Waals surface area contributed by atoms with Crippen LogP contribution in [-0.4, -0.2) is 69.7 Å². The molecule has 8 nitrogen and oxygen atoms in total. The van der Waals surface area contributed by atoms with Crippen molar-refractivity contribution < 1.29 is 14.4 Å². The molecule has 1 atom stereocenters. The monoisotopic (exact) mass is 449 g/mol. The largest absolute Gasteiger partial charge is 0.344 e. The molecular formula is C23H23N5O3S. The number of thiazole rings is 1. The third-order valence-corrected chi connectivity index (χ3v) is 7.05. The quantitative estimate of drug-likeness (QED) is 0.569. The number of hydrogen-bond donors (Lipinski definition) is 0. The summed E-state index contributed by atoms with van der Waals surface area (Å²) in [4.78, 5) is 54.4. The van der Waals surface area contributed by atoms with Gasteiger partial charge in [0.2, 0.25) is 5.91 Å². The number of aromatic nitrogens is 2. The van der Waals surface area contributed by atoms with Crippen molar-refractivity contribution in [1.29, 1.82) is 0 Å². The van der Waals surface area contributed by atoms with E-state index in [2.05, 4.69) is 14.9 Å². The summed E-state index contributed by atoms with van der Waals surface area (Å²) in [6.45, 7) is 6.03. The predicted octanol–water partition coefficient (Wildman–Crippen LogP) is 2.66. The van der Waals surface area contributed by atoms with Gasteiger partial charge < -0.3 is 9.80 Å². The molecule has 1 aromatic carbocycles. The molecule has 9 heteroatoms. The number of piperazine rings is 1. The third-order valence-electron chi connectivity index (χ3n) is 6.01. The van der Waals surface area contributed by atoms with Crippen molar-refractivity contribution in [2.45, 2.75) is 19.9 Å². The SMILES string of the molecule is CC(C)C(C(=O)N1CCN(c2nc3cccnc3s2)CC1)N1C(=O)c2ccccc2C1=O. The number of carbonyl (C=O) groups is 3. The predicted molar refractivity (Wildman–Crippen MR) is 122 cm³/mol. The number of amides is 3. The van der Waals surface area contributed by atoms with E-state index in [1.54, 1.807) is 46.7 Å². The Morgan fingerprint density at radius 2 is 1.62 bits per heavy atom. The van der Waals surface area contributed by atoms with Crippen molar-refractivity contribution in [3.63, 3.8) is 0 Å². The van der Waals surface area contributed by atoms with E-state index in [0.29, 0.717) is 37.3 Å². The van der Waals surface area contributed by atoms with Gasteiger partial charge in [-0.25, -0.2) is 9.97 Å². The van der Waals surface area contributed by atoms with Gasteiger partial charge in [0.25, 0.3) is 11.8 Å². The number of anilines is 1. The molecule has 5 rings (SSSR count). The van der Waals surface area contributed by atoms with Crippen molar-refractivity contribution >= 4 is 44.5 Å². The van der Waals surface area contributed by atoms with Crippen LogP contribution in [0, 0.1) is 5.92 Å². The summed E-state index contributed by atoms with van der Waals surface area (Å²) in [6, 6.07) is 9.74. The van der Waals surface area contributed by atoms with Crippen LogP contribution in [0.2, 0.25) is 0 Å². The molecule has 0 spiro atoms. The number of benzene rings is 1. The fourth-order valence-electron chi connectivity index (χ4n) is 4.35. The van der Waals surface area contributed by atoms with Crippen molar-refractivity contribution in [1.82, 2.24) is 19.8 Å². The molecule has 32 heavy (non-hydrogen) atoms. The van der Waals surface area contributed by atoms with E-state index in [0.717, 1.165) is 20.4 Å². The lowest BCUT2D eigenvalue weighted by Gasteiger charge is -2.38. The minimum Gasteiger partial charge on any atom is -0.344 e. The van der Waals surface area contributed by atoms with Gasteiger partial charge in [0.05, 0.1) is 11.1 Å². The van der Waals surface area contributed by atoms with Crippen molar-refractivity contribution in [3.05, 3.63) is 53.7 Å². The number of pyridine rings is 1. The van der Waals surface area contributed by atoms with Crippen molar-refractivity contribution in [2.75, 3.05) is 31.1 Å². The first-order valence-corrected chi connectivity index (χ1v) is 11.5. The molecule has 1 saturated heterocycles. The van der Waals surface area contributed by atoms with Gasteiger partial charge in [0.1, 0.15) is 16.4 Å². The van der Waals surface area contributed by atoms with E-state index in [1.165, 1.54) is 0 Å². The molecule has 3 amide bonds. The summed E-state index contributed by atoms with van der Waals surface area (Å²) in [5, 5.41) is 0.895. The van der Waals surface area contributed by atoms with Crippen molar-refractivity contribution in [3.8, 4) is 0 Å². The number of nitrogens with zero attached hydrogens (tertiary/aromatic N) is 5. The van der Waals surface area contributed by atoms with E-state index in [-0.39, 0.29) is 11.8 Å². The zero-order chi connectivity index (χ0) is 22.4. The Morgan fingerprint density at radius 1 is 0.969 bits per heavy atom. The second kappa shape index (κ2) is 7.98. The maximum Gasteiger partial charge on any atom is 0.262 e. The highest BCUT2D eigenvalue weighted by atomic mass is 32.1. The summed E-state index contributed by atoms with van der Waals surface area (Å²) >= 11 is 1.54. The van der Waals surface area contributed by atoms with Gasteiger partial charge in [-0.2, -0.15) is 0 Å². The van der Waals surface area contributed by atoms with Crippen LogP contribution >= 0.6 is 11.3 Å². The normalized spacial score (nSPS) is 17.4. The van der Waals surface area contributed by atoms with Gasteiger partial charge >= 0.3 is 0 Å². The Bertz CT molecular complexity index is 1150. The molecule has 0 radical (unpaired) electrons. The van der Waals surface area contributed by atoms with Crippen molar-refractivity contribution in [2.24, 2.45) is 5.92 Å². The summed E-state index contributed by atoms with van der Waals surface area (Å²) in [5.41, 5.74) is 1.60. The van der Waals surface area contributed by atoms with E-state index >= 15 is 0 Å². The van der Waals surface area contributed by atoms with Gasteiger partial charge in [-0.15, -0.1) is 0 Å². The summed E-state index contributed by atoms with van der Waals surface area (Å²) < 4.78 is 0. The topological polar surface area (TPSA) is 86.7 Å². The number of fused-ring (bicyclic) bond motifs is 2. The Morgan fingerprint density at radius 3 is 2.22 bits per heavy atom. The fourth-order valence-corrected chi connectivity index (χ4v) is 5.31. The summed E-state index contributed by atoms with van der Waals surface area (Å²) in [5.74, 6) is -1.16. The van der Waals surface area contributed by atoms with Crippen LogP contribution in [-0.2, 0) is 4.79 Å². The average molecular weight is 450 g/mol. The molecule has 164 valence electrons. The zero-order valence-electron chi connectivity index (χ0n) is 17.9. The third kappa shape index (κ3) is 3.33. The maximum absolute atomic E-state index is 13.5. The van der Waals surface area contributed by atoms with Gasteiger partial charge in [-0.1, -0.05) is 37.3 Å². The zero-order valence-corrected chi connectivity index (χ0v) is 18.7. The number of imide groups is 1. The first-order valence-electron chi connectivity index (χ1n) is 10.7. The standard InChI is InChI=1S/C23H23N5O3S/c1-14(2)18(28-20(29)15-6-3-4-7-16(15)21(28)30)22(31)26-10-12-27(13-11-26)23-25-17-8-5-9-24-19(17)32-23/h3-9,14,18H,10-13H2,1-2H3. The Labute approximate surface area is 189 Å². The molecule has 4 heterocycles. The summed E-state index contributed by atoms with van der Waals surface area (Å²) in [7, 11) is 0. The van der Waals surface area contributed by atoms with Crippen LogP contribution in [0.5, 0.6) is 0 Å². The fraction of sp³-hybridized carbons (Fsp3) is 0.348. The minimum absolute atomic E-state index is 0.180. The lowest BCUT2D eigenvalue weighted by atomic mass is 10.0. The molecule has 1 fully saturated rings. The highest BCUT2D eigenvalue weighted by molar-refractivity contribution is 7.21. The number of rotatable bonds is 4. The number of hydrogen-bond acceptors (Lipinski definition) is 7. The van der Waals surface area contributed by atoms with Crippen LogP contribution in [0.3, 0.4) is 0 Å². The Balaban J connectivity index is 1.32. The summed E-state index contributed by atoms with van der Waals surface area (Å²) in [6.07, 6.45) is 1.76. The van der Waals surface area contributed by atoms with Gasteiger partial charge in [0, 0.05) is 32.4 Å². The molecule has 3 aromatic rings. The second-order valence-electron chi connectivity index (χ2n) is 8.35. The molecule has 0 bridgehead atoms. The Kier molecular flexibility index (Phi) is 5.13. The molecule has 2 aliphatic rings.